The summed E-state index contributed by atoms with van der Waals surface area (Å²) in [5, 5.41) is 18.9. The molecule has 0 atom stereocenters. The van der Waals surface area contributed by atoms with Crippen molar-refractivity contribution in [2.45, 2.75) is 6.42 Å². The molecular formula is C8H7F2NO3. The Morgan fingerprint density at radius 3 is 2.57 bits per heavy atom. The van der Waals surface area contributed by atoms with E-state index in [2.05, 4.69) is 0 Å². The van der Waals surface area contributed by atoms with Crippen molar-refractivity contribution in [3.05, 3.63) is 39.4 Å². The van der Waals surface area contributed by atoms with Crippen molar-refractivity contribution in [2.75, 3.05) is 6.61 Å². The van der Waals surface area contributed by atoms with Crippen LogP contribution in [0.5, 0.6) is 0 Å². The summed E-state index contributed by atoms with van der Waals surface area (Å²) < 4.78 is 25.7. The molecule has 1 rings (SSSR count). The van der Waals surface area contributed by atoms with Crippen LogP contribution in [0.1, 0.15) is 5.56 Å². The van der Waals surface area contributed by atoms with E-state index in [1.165, 1.54) is 0 Å². The number of nitrogens with zero attached hydrogens (tertiary/aromatic N) is 1. The lowest BCUT2D eigenvalue weighted by Crippen LogP contribution is -2.03. The van der Waals surface area contributed by atoms with Gasteiger partial charge in [0.15, 0.2) is 11.6 Å². The average Bonchev–Trinajstić information content (AvgIpc) is 2.13. The monoisotopic (exact) mass is 203 g/mol. The van der Waals surface area contributed by atoms with Crippen LogP contribution in [0.15, 0.2) is 12.1 Å². The van der Waals surface area contributed by atoms with Gasteiger partial charge in [0.2, 0.25) is 0 Å². The fourth-order valence-corrected chi connectivity index (χ4v) is 1.10. The van der Waals surface area contributed by atoms with Crippen molar-refractivity contribution in [3.63, 3.8) is 0 Å². The number of halogens is 2. The van der Waals surface area contributed by atoms with Crippen LogP contribution in [-0.2, 0) is 6.42 Å². The molecule has 0 saturated heterocycles. The smallest absolute Gasteiger partial charge is 0.275 e. The third kappa shape index (κ3) is 1.85. The summed E-state index contributed by atoms with van der Waals surface area (Å²) >= 11 is 0. The van der Waals surface area contributed by atoms with E-state index >= 15 is 0 Å². The first-order valence-electron chi connectivity index (χ1n) is 3.80. The van der Waals surface area contributed by atoms with Crippen LogP contribution in [0, 0.1) is 21.7 Å². The number of nitro groups is 1. The molecule has 0 heterocycles. The van der Waals surface area contributed by atoms with Crippen LogP contribution < -0.4 is 0 Å². The third-order valence-corrected chi connectivity index (χ3v) is 1.73. The van der Waals surface area contributed by atoms with Gasteiger partial charge in [0.05, 0.1) is 10.5 Å². The Labute approximate surface area is 77.9 Å². The molecule has 0 fully saturated rings. The number of nitro benzene ring substituents is 1. The third-order valence-electron chi connectivity index (χ3n) is 1.73. The number of benzene rings is 1. The molecule has 0 unspecified atom stereocenters. The average molecular weight is 203 g/mol. The molecule has 0 aliphatic rings. The summed E-state index contributed by atoms with van der Waals surface area (Å²) in [4.78, 5) is 9.58. The normalized spacial score (nSPS) is 10.2. The summed E-state index contributed by atoms with van der Waals surface area (Å²) in [5.41, 5.74) is -0.921. The van der Waals surface area contributed by atoms with E-state index in [4.69, 9.17) is 5.11 Å². The summed E-state index contributed by atoms with van der Waals surface area (Å²) in [7, 11) is 0. The molecule has 14 heavy (non-hydrogen) atoms. The van der Waals surface area contributed by atoms with Gasteiger partial charge in [0, 0.05) is 19.1 Å². The lowest BCUT2D eigenvalue weighted by atomic mass is 10.1. The molecule has 0 radical (unpaired) electrons. The zero-order valence-corrected chi connectivity index (χ0v) is 7.04. The lowest BCUT2D eigenvalue weighted by molar-refractivity contribution is -0.385. The Balaban J connectivity index is 3.29. The topological polar surface area (TPSA) is 63.4 Å². The maximum absolute atomic E-state index is 13.0. The fraction of sp³-hybridized carbons (Fsp3) is 0.250. The van der Waals surface area contributed by atoms with E-state index in [0.717, 1.165) is 6.07 Å². The summed E-state index contributed by atoms with van der Waals surface area (Å²) in [6, 6.07) is 1.57. The Morgan fingerprint density at radius 2 is 2.07 bits per heavy atom. The van der Waals surface area contributed by atoms with Crippen molar-refractivity contribution in [1.82, 2.24) is 0 Å². The van der Waals surface area contributed by atoms with Gasteiger partial charge in [0.1, 0.15) is 0 Å². The van der Waals surface area contributed by atoms with Gasteiger partial charge in [-0.05, 0) is 6.07 Å². The summed E-state index contributed by atoms with van der Waals surface area (Å²) in [5.74, 6) is -2.42. The summed E-state index contributed by atoms with van der Waals surface area (Å²) in [6.45, 7) is -0.471. The molecule has 0 aliphatic carbocycles. The minimum Gasteiger partial charge on any atom is -0.396 e. The molecule has 0 aromatic heterocycles. The lowest BCUT2D eigenvalue weighted by Gasteiger charge is -2.02. The SMILES string of the molecule is O=[N+]([O-])c1ccc(F)c(F)c1CCO. The highest BCUT2D eigenvalue weighted by Crippen LogP contribution is 2.23. The van der Waals surface area contributed by atoms with E-state index in [9.17, 15) is 18.9 Å². The first kappa shape index (κ1) is 10.5. The van der Waals surface area contributed by atoms with Crippen LogP contribution in [0.2, 0.25) is 0 Å². The molecular weight excluding hydrogens is 196 g/mol. The standard InChI is InChI=1S/C8H7F2NO3/c9-6-1-2-7(11(13)14)5(3-4-12)8(6)10/h1-2,12H,3-4H2. The van der Waals surface area contributed by atoms with Crippen LogP contribution in [0.4, 0.5) is 14.5 Å². The van der Waals surface area contributed by atoms with Gasteiger partial charge in [-0.3, -0.25) is 10.1 Å². The molecule has 1 aromatic carbocycles. The largest absolute Gasteiger partial charge is 0.396 e. The maximum atomic E-state index is 13.0. The van der Waals surface area contributed by atoms with Gasteiger partial charge in [-0.1, -0.05) is 0 Å². The number of rotatable bonds is 3. The minimum atomic E-state index is -1.27. The Bertz CT molecular complexity index is 368. The van der Waals surface area contributed by atoms with Crippen LogP contribution in [0.3, 0.4) is 0 Å². The van der Waals surface area contributed by atoms with E-state index in [1.54, 1.807) is 0 Å². The van der Waals surface area contributed by atoms with Crippen molar-refractivity contribution in [1.29, 1.82) is 0 Å². The highest BCUT2D eigenvalue weighted by molar-refractivity contribution is 5.41. The predicted molar refractivity (Wildman–Crippen MR) is 43.8 cm³/mol. The number of hydrogen-bond donors (Lipinski definition) is 1. The zero-order chi connectivity index (χ0) is 10.7. The second kappa shape index (κ2) is 4.10. The molecule has 0 saturated carbocycles. The van der Waals surface area contributed by atoms with Gasteiger partial charge in [-0.2, -0.15) is 0 Å². The quantitative estimate of drug-likeness (QED) is 0.596. The summed E-state index contributed by atoms with van der Waals surface area (Å²) in [6.07, 6.45) is -0.278. The molecule has 0 aliphatic heterocycles. The highest BCUT2D eigenvalue weighted by atomic mass is 19.2. The first-order valence-corrected chi connectivity index (χ1v) is 3.80. The maximum Gasteiger partial charge on any atom is 0.275 e. The second-order valence-electron chi connectivity index (χ2n) is 2.59. The van der Waals surface area contributed by atoms with E-state index < -0.39 is 34.4 Å². The first-order chi connectivity index (χ1) is 6.57. The van der Waals surface area contributed by atoms with Crippen LogP contribution in [0.25, 0.3) is 0 Å². The molecule has 6 heteroatoms. The van der Waals surface area contributed by atoms with Gasteiger partial charge in [-0.15, -0.1) is 0 Å². The predicted octanol–water partition coefficient (Wildman–Crippen LogP) is 1.41. The zero-order valence-electron chi connectivity index (χ0n) is 7.04. The van der Waals surface area contributed by atoms with Gasteiger partial charge in [0.25, 0.3) is 5.69 Å². The van der Waals surface area contributed by atoms with Gasteiger partial charge in [-0.25, -0.2) is 8.78 Å². The molecule has 0 amide bonds. The Hall–Kier alpha value is -1.56. The molecule has 4 nitrogen and oxygen atoms in total. The minimum absolute atomic E-state index is 0.278. The van der Waals surface area contributed by atoms with Crippen molar-refractivity contribution >= 4 is 5.69 Å². The van der Waals surface area contributed by atoms with E-state index in [1.807, 2.05) is 0 Å². The van der Waals surface area contributed by atoms with Crippen LogP contribution >= 0.6 is 0 Å². The number of hydrogen-bond acceptors (Lipinski definition) is 3. The molecule has 76 valence electrons. The molecule has 1 N–H and O–H groups in total. The second-order valence-corrected chi connectivity index (χ2v) is 2.59. The Morgan fingerprint density at radius 1 is 1.43 bits per heavy atom. The van der Waals surface area contributed by atoms with E-state index in [0.29, 0.717) is 6.07 Å². The van der Waals surface area contributed by atoms with Gasteiger partial charge < -0.3 is 5.11 Å². The number of aliphatic hydroxyl groups is 1. The van der Waals surface area contributed by atoms with Crippen LogP contribution in [-0.4, -0.2) is 16.6 Å². The number of aliphatic hydroxyl groups excluding tert-OH is 1. The Kier molecular flexibility index (Phi) is 3.08. The van der Waals surface area contributed by atoms with Gasteiger partial charge >= 0.3 is 0 Å². The molecule has 0 spiro atoms. The van der Waals surface area contributed by atoms with E-state index in [-0.39, 0.29) is 6.42 Å². The molecule has 0 bridgehead atoms. The van der Waals surface area contributed by atoms with Crippen molar-refractivity contribution in [2.24, 2.45) is 0 Å². The van der Waals surface area contributed by atoms with Crippen molar-refractivity contribution < 1.29 is 18.8 Å². The van der Waals surface area contributed by atoms with Crippen molar-refractivity contribution in [3.8, 4) is 0 Å². The molecule has 1 aromatic rings. The highest BCUT2D eigenvalue weighted by Gasteiger charge is 2.20. The fourth-order valence-electron chi connectivity index (χ4n) is 1.10.